The number of anilines is 2. The van der Waals surface area contributed by atoms with Crippen LogP contribution in [0.1, 0.15) is 6.42 Å². The van der Waals surface area contributed by atoms with Gasteiger partial charge in [-0.2, -0.15) is 0 Å². The number of imidazole rings is 1. The van der Waals surface area contributed by atoms with E-state index in [-0.39, 0.29) is 23.9 Å². The zero-order valence-corrected chi connectivity index (χ0v) is 15.2. The first kappa shape index (κ1) is 17.1. The molecule has 0 unspecified atom stereocenters. The Morgan fingerprint density at radius 2 is 1.70 bits per heavy atom. The van der Waals surface area contributed by atoms with Gasteiger partial charge >= 0.3 is 5.69 Å². The Morgan fingerprint density at radius 1 is 1.00 bits per heavy atom. The molecule has 1 aromatic heterocycles. The van der Waals surface area contributed by atoms with Crippen LogP contribution in [0.3, 0.4) is 0 Å². The molecule has 1 N–H and O–H groups in total. The van der Waals surface area contributed by atoms with Gasteiger partial charge in [0.1, 0.15) is 0 Å². The highest BCUT2D eigenvalue weighted by Crippen LogP contribution is 2.26. The highest BCUT2D eigenvalue weighted by atomic mass is 16.2. The SMILES string of the molecule is Cn1c(=O)n(C)c2cc(NC(=O)[C@H]3CC(=O)N(c4ccccc4)C3)ccc21. The van der Waals surface area contributed by atoms with E-state index in [1.54, 1.807) is 40.3 Å². The molecule has 2 aromatic carbocycles. The third kappa shape index (κ3) is 2.91. The first-order chi connectivity index (χ1) is 13.0. The van der Waals surface area contributed by atoms with Gasteiger partial charge in [0.05, 0.1) is 17.0 Å². The fourth-order valence-electron chi connectivity index (χ4n) is 3.57. The number of aromatic nitrogens is 2. The molecule has 1 saturated heterocycles. The summed E-state index contributed by atoms with van der Waals surface area (Å²) in [5.74, 6) is -0.655. The minimum atomic E-state index is -0.409. The Bertz CT molecular complexity index is 1100. The maximum absolute atomic E-state index is 12.7. The van der Waals surface area contributed by atoms with Crippen molar-refractivity contribution in [3.05, 3.63) is 59.0 Å². The molecule has 0 aliphatic carbocycles. The highest BCUT2D eigenvalue weighted by Gasteiger charge is 2.35. The normalized spacial score (nSPS) is 16.9. The van der Waals surface area contributed by atoms with Crippen LogP contribution >= 0.6 is 0 Å². The summed E-state index contributed by atoms with van der Waals surface area (Å²) in [4.78, 5) is 38.7. The predicted octanol–water partition coefficient (Wildman–Crippen LogP) is 1.87. The van der Waals surface area contributed by atoms with E-state index in [4.69, 9.17) is 0 Å². The minimum absolute atomic E-state index is 0.0535. The topological polar surface area (TPSA) is 76.3 Å². The molecule has 1 fully saturated rings. The molecular formula is C20H20N4O3. The van der Waals surface area contributed by atoms with Crippen molar-refractivity contribution in [3.63, 3.8) is 0 Å². The number of nitrogens with one attached hydrogen (secondary N) is 1. The number of fused-ring (bicyclic) bond motifs is 1. The zero-order valence-electron chi connectivity index (χ0n) is 15.2. The summed E-state index contributed by atoms with van der Waals surface area (Å²) in [5, 5.41) is 2.88. The summed E-state index contributed by atoms with van der Waals surface area (Å²) >= 11 is 0. The van der Waals surface area contributed by atoms with Crippen LogP contribution < -0.4 is 15.9 Å². The smallest absolute Gasteiger partial charge is 0.326 e. The monoisotopic (exact) mass is 364 g/mol. The van der Waals surface area contributed by atoms with Gasteiger partial charge in [0.2, 0.25) is 11.8 Å². The van der Waals surface area contributed by atoms with Crippen LogP contribution in [0.4, 0.5) is 11.4 Å². The average Bonchev–Trinajstić information content (AvgIpc) is 3.17. The van der Waals surface area contributed by atoms with Gasteiger partial charge in [-0.05, 0) is 30.3 Å². The van der Waals surface area contributed by atoms with Crippen molar-refractivity contribution in [2.75, 3.05) is 16.8 Å². The van der Waals surface area contributed by atoms with Gasteiger partial charge in [-0.1, -0.05) is 18.2 Å². The van der Waals surface area contributed by atoms with Crippen LogP contribution in [0, 0.1) is 5.92 Å². The number of carbonyl (C=O) groups is 2. The molecule has 2 heterocycles. The summed E-state index contributed by atoms with van der Waals surface area (Å²) < 4.78 is 3.11. The number of rotatable bonds is 3. The van der Waals surface area contributed by atoms with Crippen LogP contribution in [0.2, 0.25) is 0 Å². The van der Waals surface area contributed by atoms with Crippen LogP contribution in [0.5, 0.6) is 0 Å². The molecule has 27 heavy (non-hydrogen) atoms. The largest absolute Gasteiger partial charge is 0.328 e. The van der Waals surface area contributed by atoms with E-state index in [0.29, 0.717) is 12.2 Å². The third-order valence-corrected chi connectivity index (χ3v) is 5.10. The number of carbonyl (C=O) groups excluding carboxylic acids is 2. The number of aryl methyl sites for hydroxylation is 2. The first-order valence-electron chi connectivity index (χ1n) is 8.77. The molecule has 1 aliphatic heterocycles. The molecule has 0 saturated carbocycles. The number of benzene rings is 2. The number of amides is 2. The summed E-state index contributed by atoms with van der Waals surface area (Å²) in [5.41, 5.74) is 2.84. The van der Waals surface area contributed by atoms with E-state index in [0.717, 1.165) is 16.7 Å². The predicted molar refractivity (Wildman–Crippen MR) is 104 cm³/mol. The second-order valence-corrected chi connectivity index (χ2v) is 6.83. The molecule has 2 amide bonds. The molecule has 3 aromatic rings. The lowest BCUT2D eigenvalue weighted by Crippen LogP contribution is -2.28. The van der Waals surface area contributed by atoms with E-state index in [1.807, 2.05) is 36.4 Å². The van der Waals surface area contributed by atoms with Crippen LogP contribution in [-0.2, 0) is 23.7 Å². The molecule has 1 atom stereocenters. The van der Waals surface area contributed by atoms with Gasteiger partial charge in [-0.3, -0.25) is 18.7 Å². The Hall–Kier alpha value is -3.35. The minimum Gasteiger partial charge on any atom is -0.326 e. The van der Waals surface area contributed by atoms with Crippen LogP contribution in [0.25, 0.3) is 11.0 Å². The molecule has 0 radical (unpaired) electrons. The third-order valence-electron chi connectivity index (χ3n) is 5.10. The zero-order chi connectivity index (χ0) is 19.1. The molecule has 0 bridgehead atoms. The van der Waals surface area contributed by atoms with E-state index in [1.165, 1.54) is 0 Å². The van der Waals surface area contributed by atoms with Gasteiger partial charge in [-0.25, -0.2) is 4.79 Å². The van der Waals surface area contributed by atoms with Crippen molar-refractivity contribution in [1.29, 1.82) is 0 Å². The summed E-state index contributed by atoms with van der Waals surface area (Å²) in [6.45, 7) is 0.362. The lowest BCUT2D eigenvalue weighted by atomic mass is 10.1. The Balaban J connectivity index is 1.53. The molecule has 4 rings (SSSR count). The molecule has 7 nitrogen and oxygen atoms in total. The maximum atomic E-state index is 12.7. The van der Waals surface area contributed by atoms with Gasteiger partial charge in [-0.15, -0.1) is 0 Å². The number of nitrogens with zero attached hydrogens (tertiary/aromatic N) is 3. The van der Waals surface area contributed by atoms with Gasteiger partial charge in [0.15, 0.2) is 0 Å². The fourth-order valence-corrected chi connectivity index (χ4v) is 3.57. The Labute approximate surface area is 155 Å². The standard InChI is InChI=1S/C20H20N4O3/c1-22-16-9-8-14(11-17(16)23(2)20(22)27)21-19(26)13-10-18(25)24(12-13)15-6-4-3-5-7-15/h3-9,11,13H,10,12H2,1-2H3,(H,21,26)/t13-/m0/s1. The van der Waals surface area contributed by atoms with E-state index < -0.39 is 5.92 Å². The second-order valence-electron chi connectivity index (χ2n) is 6.83. The highest BCUT2D eigenvalue weighted by molar-refractivity contribution is 6.03. The Kier molecular flexibility index (Phi) is 4.07. The number of hydrogen-bond acceptors (Lipinski definition) is 3. The summed E-state index contributed by atoms with van der Waals surface area (Å²) in [6.07, 6.45) is 0.187. The van der Waals surface area contributed by atoms with Crippen molar-refractivity contribution in [2.24, 2.45) is 20.0 Å². The number of hydrogen-bond donors (Lipinski definition) is 1. The average molecular weight is 364 g/mol. The van der Waals surface area contributed by atoms with Crippen molar-refractivity contribution in [2.45, 2.75) is 6.42 Å². The van der Waals surface area contributed by atoms with Gasteiger partial charge < -0.3 is 10.2 Å². The van der Waals surface area contributed by atoms with Crippen LogP contribution in [-0.4, -0.2) is 27.5 Å². The maximum Gasteiger partial charge on any atom is 0.328 e. The van der Waals surface area contributed by atoms with Crippen molar-refractivity contribution in [3.8, 4) is 0 Å². The first-order valence-corrected chi connectivity index (χ1v) is 8.77. The summed E-state index contributed by atoms with van der Waals surface area (Å²) in [7, 11) is 3.41. The van der Waals surface area contributed by atoms with E-state index >= 15 is 0 Å². The second kappa shape index (κ2) is 6.42. The van der Waals surface area contributed by atoms with Gasteiger partial charge in [0, 0.05) is 38.4 Å². The van der Waals surface area contributed by atoms with Crippen LogP contribution in [0.15, 0.2) is 53.3 Å². The van der Waals surface area contributed by atoms with Crippen molar-refractivity contribution >= 4 is 34.2 Å². The molecule has 0 spiro atoms. The van der Waals surface area contributed by atoms with Crippen molar-refractivity contribution in [1.82, 2.24) is 9.13 Å². The molecule has 1 aliphatic rings. The van der Waals surface area contributed by atoms with E-state index in [9.17, 15) is 14.4 Å². The molecular weight excluding hydrogens is 344 g/mol. The lowest BCUT2D eigenvalue weighted by molar-refractivity contribution is -0.122. The number of para-hydroxylation sites is 1. The van der Waals surface area contributed by atoms with E-state index in [2.05, 4.69) is 5.32 Å². The summed E-state index contributed by atoms with van der Waals surface area (Å²) in [6, 6.07) is 14.7. The van der Waals surface area contributed by atoms with Crippen molar-refractivity contribution < 1.29 is 9.59 Å². The Morgan fingerprint density at radius 3 is 2.44 bits per heavy atom. The quantitative estimate of drug-likeness (QED) is 0.771. The lowest BCUT2D eigenvalue weighted by Gasteiger charge is -2.16. The van der Waals surface area contributed by atoms with Gasteiger partial charge in [0.25, 0.3) is 0 Å². The fraction of sp³-hybridized carbons (Fsp3) is 0.250. The molecule has 7 heteroatoms. The molecule has 138 valence electrons.